The number of ether oxygens (including phenoxy) is 1. The number of anilines is 2. The number of aromatic amines is 2. The normalized spacial score (nSPS) is 11.2. The Morgan fingerprint density at radius 2 is 1.24 bits per heavy atom. The first kappa shape index (κ1) is 11.3. The Morgan fingerprint density at radius 3 is 1.71 bits per heavy atom. The van der Waals surface area contributed by atoms with E-state index in [0.717, 1.165) is 0 Å². The van der Waals surface area contributed by atoms with Crippen LogP contribution < -0.4 is 16.2 Å². The fourth-order valence-electron chi connectivity index (χ4n) is 1.84. The van der Waals surface area contributed by atoms with Crippen LogP contribution in [0.5, 0.6) is 12.0 Å². The van der Waals surface area contributed by atoms with Gasteiger partial charge < -0.3 is 26.2 Å². The van der Waals surface area contributed by atoms with Gasteiger partial charge in [-0.2, -0.15) is 19.9 Å². The molecule has 0 saturated carbocycles. The maximum atomic E-state index is 5.77. The third kappa shape index (κ3) is 1.75. The number of hydrogen-bond donors (Lipinski definition) is 4. The van der Waals surface area contributed by atoms with Crippen molar-refractivity contribution in [2.24, 2.45) is 0 Å². The summed E-state index contributed by atoms with van der Waals surface area (Å²) in [7, 11) is 0. The first-order chi connectivity index (χ1) is 10.2. The Balaban J connectivity index is 1.78. The maximum absolute atomic E-state index is 5.77. The molecule has 0 radical (unpaired) electrons. The molecule has 0 aromatic carbocycles. The molecule has 104 valence electrons. The van der Waals surface area contributed by atoms with Crippen molar-refractivity contribution >= 4 is 34.0 Å². The first-order valence-electron chi connectivity index (χ1n) is 5.82. The van der Waals surface area contributed by atoms with E-state index in [1.807, 2.05) is 0 Å². The van der Waals surface area contributed by atoms with Gasteiger partial charge in [0.05, 0.1) is 12.7 Å². The van der Waals surface area contributed by atoms with E-state index >= 15 is 0 Å². The van der Waals surface area contributed by atoms with Crippen LogP contribution in [0.4, 0.5) is 11.6 Å². The Hall–Kier alpha value is -3.50. The minimum Gasteiger partial charge on any atom is -0.388 e. The lowest BCUT2D eigenvalue weighted by Crippen LogP contribution is -2.02. The van der Waals surface area contributed by atoms with Crippen LogP contribution in [0.2, 0.25) is 0 Å². The van der Waals surface area contributed by atoms with Crippen LogP contribution in [0.3, 0.4) is 0 Å². The maximum Gasteiger partial charge on any atom is 0.328 e. The molecule has 11 heteroatoms. The number of hydrogen-bond acceptors (Lipinski definition) is 9. The molecule has 0 aliphatic rings. The van der Waals surface area contributed by atoms with E-state index in [-0.39, 0.29) is 23.7 Å². The lowest BCUT2D eigenvalue weighted by molar-refractivity contribution is 0.412. The minimum atomic E-state index is -0.0265. The van der Waals surface area contributed by atoms with E-state index in [0.29, 0.717) is 22.3 Å². The summed E-state index contributed by atoms with van der Waals surface area (Å²) >= 11 is 0. The first-order valence-corrected chi connectivity index (χ1v) is 5.82. The van der Waals surface area contributed by atoms with E-state index in [2.05, 4.69) is 39.9 Å². The summed E-state index contributed by atoms with van der Waals surface area (Å²) in [5, 5.41) is 0. The van der Waals surface area contributed by atoms with Crippen LogP contribution in [0.25, 0.3) is 22.3 Å². The van der Waals surface area contributed by atoms with Crippen molar-refractivity contribution in [3.8, 4) is 12.0 Å². The highest BCUT2D eigenvalue weighted by Crippen LogP contribution is 2.22. The molecular formula is C10H8N10O. The van der Waals surface area contributed by atoms with Gasteiger partial charge in [-0.3, -0.25) is 0 Å². The lowest BCUT2D eigenvalue weighted by atomic mass is 10.5. The van der Waals surface area contributed by atoms with Gasteiger partial charge in [-0.05, 0) is 0 Å². The molecule has 0 atom stereocenters. The largest absolute Gasteiger partial charge is 0.388 e. The van der Waals surface area contributed by atoms with Gasteiger partial charge in [0.25, 0.3) is 0 Å². The van der Waals surface area contributed by atoms with Crippen LogP contribution in [-0.4, -0.2) is 39.9 Å². The third-order valence-corrected chi connectivity index (χ3v) is 2.77. The van der Waals surface area contributed by atoms with Gasteiger partial charge >= 0.3 is 12.0 Å². The molecule has 4 aromatic rings. The average Bonchev–Trinajstić information content (AvgIpc) is 3.07. The summed E-state index contributed by atoms with van der Waals surface area (Å²) in [6.45, 7) is 0. The number of rotatable bonds is 2. The van der Waals surface area contributed by atoms with Crippen LogP contribution in [0, 0.1) is 0 Å². The summed E-state index contributed by atoms with van der Waals surface area (Å²) in [4.78, 5) is 29.8. The molecule has 0 aliphatic heterocycles. The van der Waals surface area contributed by atoms with Crippen molar-refractivity contribution in [1.82, 2.24) is 39.9 Å². The van der Waals surface area contributed by atoms with Crippen LogP contribution in [-0.2, 0) is 0 Å². The highest BCUT2D eigenvalue weighted by Gasteiger charge is 2.13. The number of nitrogens with one attached hydrogen (secondary N) is 2. The molecule has 0 aliphatic carbocycles. The average molecular weight is 284 g/mol. The number of aromatic nitrogens is 8. The van der Waals surface area contributed by atoms with Gasteiger partial charge in [-0.15, -0.1) is 0 Å². The Morgan fingerprint density at radius 1 is 0.762 bits per heavy atom. The van der Waals surface area contributed by atoms with Crippen molar-refractivity contribution in [2.45, 2.75) is 0 Å². The van der Waals surface area contributed by atoms with Crippen molar-refractivity contribution in [3.63, 3.8) is 0 Å². The summed E-state index contributed by atoms with van der Waals surface area (Å²) in [5.41, 5.74) is 13.4. The number of imidazole rings is 2. The molecule has 11 nitrogen and oxygen atoms in total. The minimum absolute atomic E-state index is 0.0265. The topological polar surface area (TPSA) is 170 Å². The zero-order valence-corrected chi connectivity index (χ0v) is 10.4. The second kappa shape index (κ2) is 4.00. The molecule has 4 aromatic heterocycles. The van der Waals surface area contributed by atoms with Crippen molar-refractivity contribution < 1.29 is 4.74 Å². The van der Waals surface area contributed by atoms with E-state index in [4.69, 9.17) is 16.2 Å². The van der Waals surface area contributed by atoms with Crippen molar-refractivity contribution in [1.29, 1.82) is 0 Å². The van der Waals surface area contributed by atoms with Crippen LogP contribution >= 0.6 is 0 Å². The Bertz CT molecular complexity index is 879. The SMILES string of the molecule is Nc1nc(Oc2nc(N)c3[nH]cnc3n2)nc2nc[nH]c12. The summed E-state index contributed by atoms with van der Waals surface area (Å²) in [5.74, 6) is 0.419. The Labute approximate surface area is 115 Å². The zero-order chi connectivity index (χ0) is 14.4. The monoisotopic (exact) mass is 284 g/mol. The van der Waals surface area contributed by atoms with E-state index in [1.165, 1.54) is 12.7 Å². The van der Waals surface area contributed by atoms with Crippen LogP contribution in [0.15, 0.2) is 12.7 Å². The molecular weight excluding hydrogens is 276 g/mol. The number of H-pyrrole nitrogens is 2. The highest BCUT2D eigenvalue weighted by atomic mass is 16.5. The lowest BCUT2D eigenvalue weighted by Gasteiger charge is -2.03. The number of nitrogens with two attached hydrogens (primary N) is 2. The molecule has 0 fully saturated rings. The molecule has 0 spiro atoms. The predicted molar refractivity (Wildman–Crippen MR) is 72.3 cm³/mol. The summed E-state index contributed by atoms with van der Waals surface area (Å²) < 4.78 is 5.38. The molecule has 4 heterocycles. The fourth-order valence-corrected chi connectivity index (χ4v) is 1.84. The van der Waals surface area contributed by atoms with Crippen molar-refractivity contribution in [3.05, 3.63) is 12.7 Å². The smallest absolute Gasteiger partial charge is 0.328 e. The molecule has 0 saturated heterocycles. The standard InChI is InChI=1S/C10H8N10O/c11-5-3-7(15-1-13-3)19-9(17-5)21-10-18-6(12)4-8(20-10)16-2-14-4/h1-2H,(H3,11,13,15,17,19)(H3,12,14,16,18,20). The van der Waals surface area contributed by atoms with E-state index in [1.54, 1.807) is 0 Å². The second-order valence-corrected chi connectivity index (χ2v) is 4.09. The summed E-state index contributed by atoms with van der Waals surface area (Å²) in [6.07, 6.45) is 2.92. The number of nitrogen functional groups attached to an aromatic ring is 2. The zero-order valence-electron chi connectivity index (χ0n) is 10.4. The predicted octanol–water partition coefficient (Wildman–Crippen LogP) is -0.0241. The molecule has 0 bridgehead atoms. The summed E-state index contributed by atoms with van der Waals surface area (Å²) in [6, 6.07) is -0.0530. The number of nitrogens with zero attached hydrogens (tertiary/aromatic N) is 6. The van der Waals surface area contributed by atoms with Gasteiger partial charge in [-0.25, -0.2) is 9.97 Å². The molecule has 6 N–H and O–H groups in total. The number of fused-ring (bicyclic) bond motifs is 2. The van der Waals surface area contributed by atoms with Gasteiger partial charge in [0, 0.05) is 0 Å². The van der Waals surface area contributed by atoms with Crippen molar-refractivity contribution in [2.75, 3.05) is 11.5 Å². The van der Waals surface area contributed by atoms with E-state index in [9.17, 15) is 0 Å². The second-order valence-electron chi connectivity index (χ2n) is 4.09. The molecule has 4 rings (SSSR count). The fraction of sp³-hybridized carbons (Fsp3) is 0. The van der Waals surface area contributed by atoms with Gasteiger partial charge in [0.15, 0.2) is 22.9 Å². The van der Waals surface area contributed by atoms with Crippen LogP contribution in [0.1, 0.15) is 0 Å². The van der Waals surface area contributed by atoms with Gasteiger partial charge in [-0.1, -0.05) is 0 Å². The third-order valence-electron chi connectivity index (χ3n) is 2.77. The van der Waals surface area contributed by atoms with Gasteiger partial charge in [0.2, 0.25) is 0 Å². The molecule has 0 amide bonds. The highest BCUT2D eigenvalue weighted by molar-refractivity contribution is 5.82. The molecule has 0 unspecified atom stereocenters. The quantitative estimate of drug-likeness (QED) is 0.394. The van der Waals surface area contributed by atoms with Gasteiger partial charge in [0.1, 0.15) is 11.0 Å². The molecule has 21 heavy (non-hydrogen) atoms. The Kier molecular flexibility index (Phi) is 2.16. The van der Waals surface area contributed by atoms with E-state index < -0.39 is 0 Å².